The zero-order chi connectivity index (χ0) is 37.0. The molecular weight excluding hydrogens is 681 g/mol. The summed E-state index contributed by atoms with van der Waals surface area (Å²) in [6.07, 6.45) is 3.76. The van der Waals surface area contributed by atoms with E-state index < -0.39 is 0 Å². The van der Waals surface area contributed by atoms with Gasteiger partial charge in [-0.3, -0.25) is 9.97 Å². The molecule has 0 atom stereocenters. The SMILES string of the molecule is c1ccc(-c2cccc(-n3c4ccccc4c4ccc(-c5ccc(-c6ccc7c8ccccc8n(-c8ccc(-c9ccccn9)nc8)c7c6)cc5)cc43)c2)cc1. The fraction of sp³-hybridized carbons (Fsp3) is 0. The number of para-hydroxylation sites is 2. The van der Waals surface area contributed by atoms with Crippen molar-refractivity contribution in [3.05, 3.63) is 207 Å². The predicted molar refractivity (Wildman–Crippen MR) is 232 cm³/mol. The summed E-state index contributed by atoms with van der Waals surface area (Å²) in [6, 6.07) is 69.6. The van der Waals surface area contributed by atoms with E-state index >= 15 is 0 Å². The Balaban J connectivity index is 0.980. The fourth-order valence-corrected chi connectivity index (χ4v) is 8.35. The molecule has 11 aromatic rings. The molecule has 0 aliphatic heterocycles. The van der Waals surface area contributed by atoms with Crippen molar-refractivity contribution in [2.45, 2.75) is 0 Å². The molecule has 7 aromatic carbocycles. The van der Waals surface area contributed by atoms with Gasteiger partial charge in [0.1, 0.15) is 0 Å². The van der Waals surface area contributed by atoms with Crippen LogP contribution in [0.3, 0.4) is 0 Å². The highest BCUT2D eigenvalue weighted by atomic mass is 15.0. The molecule has 0 spiro atoms. The molecule has 0 aliphatic carbocycles. The monoisotopic (exact) mass is 714 g/mol. The maximum Gasteiger partial charge on any atom is 0.0887 e. The van der Waals surface area contributed by atoms with Crippen molar-refractivity contribution in [3.63, 3.8) is 0 Å². The van der Waals surface area contributed by atoms with Gasteiger partial charge in [0.15, 0.2) is 0 Å². The number of nitrogens with zero attached hydrogens (tertiary/aromatic N) is 4. The van der Waals surface area contributed by atoms with Gasteiger partial charge in [-0.2, -0.15) is 0 Å². The third-order valence-corrected chi connectivity index (χ3v) is 11.0. The van der Waals surface area contributed by atoms with Crippen LogP contribution in [-0.2, 0) is 0 Å². The lowest BCUT2D eigenvalue weighted by Crippen LogP contribution is -1.96. The number of rotatable bonds is 6. The van der Waals surface area contributed by atoms with E-state index in [2.05, 4.69) is 190 Å². The van der Waals surface area contributed by atoms with Crippen LogP contribution < -0.4 is 0 Å². The molecule has 0 radical (unpaired) electrons. The molecule has 0 aliphatic rings. The van der Waals surface area contributed by atoms with Crippen molar-refractivity contribution < 1.29 is 0 Å². The molecule has 0 amide bonds. The van der Waals surface area contributed by atoms with E-state index in [1.165, 1.54) is 66.0 Å². The normalized spacial score (nSPS) is 11.6. The molecule has 4 nitrogen and oxygen atoms in total. The second-order valence-electron chi connectivity index (χ2n) is 14.3. The Hall–Kier alpha value is -7.56. The smallest absolute Gasteiger partial charge is 0.0887 e. The van der Waals surface area contributed by atoms with Crippen molar-refractivity contribution in [1.29, 1.82) is 0 Å². The van der Waals surface area contributed by atoms with Crippen molar-refractivity contribution in [3.8, 4) is 56.1 Å². The maximum atomic E-state index is 4.82. The lowest BCUT2D eigenvalue weighted by molar-refractivity contribution is 1.14. The first-order valence-electron chi connectivity index (χ1n) is 19.0. The van der Waals surface area contributed by atoms with Crippen LogP contribution in [0.4, 0.5) is 0 Å². The van der Waals surface area contributed by atoms with Crippen molar-refractivity contribution in [2.24, 2.45) is 0 Å². The molecule has 4 heterocycles. The number of hydrogen-bond donors (Lipinski definition) is 0. The van der Waals surface area contributed by atoms with Crippen LogP contribution in [-0.4, -0.2) is 19.1 Å². The molecule has 56 heavy (non-hydrogen) atoms. The first-order valence-corrected chi connectivity index (χ1v) is 19.0. The zero-order valence-corrected chi connectivity index (χ0v) is 30.4. The first-order chi connectivity index (χ1) is 27.8. The maximum absolute atomic E-state index is 4.82. The molecule has 0 saturated carbocycles. The van der Waals surface area contributed by atoms with Gasteiger partial charge in [0.2, 0.25) is 0 Å². The molecule has 0 saturated heterocycles. The summed E-state index contributed by atoms with van der Waals surface area (Å²) < 4.78 is 4.73. The highest BCUT2D eigenvalue weighted by Crippen LogP contribution is 2.38. The lowest BCUT2D eigenvalue weighted by Gasteiger charge is -2.12. The van der Waals surface area contributed by atoms with Gasteiger partial charge in [0.25, 0.3) is 0 Å². The molecule has 11 rings (SSSR count). The Morgan fingerprint density at radius 1 is 0.286 bits per heavy atom. The summed E-state index contributed by atoms with van der Waals surface area (Å²) in [5.74, 6) is 0. The second kappa shape index (κ2) is 13.1. The summed E-state index contributed by atoms with van der Waals surface area (Å²) in [4.78, 5) is 9.32. The van der Waals surface area contributed by atoms with Crippen LogP contribution in [0.1, 0.15) is 0 Å². The van der Waals surface area contributed by atoms with E-state index in [1.54, 1.807) is 6.20 Å². The quantitative estimate of drug-likeness (QED) is 0.172. The highest BCUT2D eigenvalue weighted by molar-refractivity contribution is 6.11. The summed E-state index contributed by atoms with van der Waals surface area (Å²) in [7, 11) is 0. The molecule has 262 valence electrons. The third-order valence-electron chi connectivity index (χ3n) is 11.0. The molecule has 0 fully saturated rings. The number of benzene rings is 7. The molecule has 0 unspecified atom stereocenters. The van der Waals surface area contributed by atoms with Crippen molar-refractivity contribution in [2.75, 3.05) is 0 Å². The summed E-state index contributed by atoms with van der Waals surface area (Å²) in [5.41, 5.74) is 15.7. The topological polar surface area (TPSA) is 35.6 Å². The molecule has 0 N–H and O–H groups in total. The Morgan fingerprint density at radius 3 is 1.39 bits per heavy atom. The largest absolute Gasteiger partial charge is 0.309 e. The van der Waals surface area contributed by atoms with Gasteiger partial charge < -0.3 is 9.13 Å². The van der Waals surface area contributed by atoms with Crippen LogP contribution in [0.5, 0.6) is 0 Å². The van der Waals surface area contributed by atoms with Crippen molar-refractivity contribution in [1.82, 2.24) is 19.1 Å². The first kappa shape index (κ1) is 31.9. The van der Waals surface area contributed by atoms with E-state index in [1.807, 2.05) is 24.4 Å². The molecule has 4 heteroatoms. The molecular formula is C52H34N4. The summed E-state index contributed by atoms with van der Waals surface area (Å²) in [6.45, 7) is 0. The zero-order valence-electron chi connectivity index (χ0n) is 30.4. The van der Waals surface area contributed by atoms with Gasteiger partial charge >= 0.3 is 0 Å². The van der Waals surface area contributed by atoms with E-state index in [4.69, 9.17) is 4.98 Å². The van der Waals surface area contributed by atoms with Gasteiger partial charge in [-0.1, -0.05) is 133 Å². The number of fused-ring (bicyclic) bond motifs is 6. The fourth-order valence-electron chi connectivity index (χ4n) is 8.35. The van der Waals surface area contributed by atoms with E-state index in [9.17, 15) is 0 Å². The Morgan fingerprint density at radius 2 is 0.786 bits per heavy atom. The van der Waals surface area contributed by atoms with Gasteiger partial charge in [-0.05, 0) is 94.0 Å². The summed E-state index contributed by atoms with van der Waals surface area (Å²) >= 11 is 0. The molecule has 0 bridgehead atoms. The van der Waals surface area contributed by atoms with E-state index in [0.717, 1.165) is 33.8 Å². The third kappa shape index (κ3) is 5.31. The number of aromatic nitrogens is 4. The van der Waals surface area contributed by atoms with Crippen LogP contribution in [0, 0.1) is 0 Å². The average molecular weight is 715 g/mol. The summed E-state index contributed by atoms with van der Waals surface area (Å²) in [5, 5.41) is 4.93. The van der Waals surface area contributed by atoms with Gasteiger partial charge in [-0.15, -0.1) is 0 Å². The Bertz CT molecular complexity index is 3210. The van der Waals surface area contributed by atoms with Gasteiger partial charge in [0.05, 0.1) is 45.3 Å². The minimum Gasteiger partial charge on any atom is -0.309 e. The number of hydrogen-bond acceptors (Lipinski definition) is 2. The van der Waals surface area contributed by atoms with Crippen LogP contribution in [0.15, 0.2) is 207 Å². The second-order valence-corrected chi connectivity index (χ2v) is 14.3. The average Bonchev–Trinajstić information content (AvgIpc) is 3.79. The molecule has 4 aromatic heterocycles. The Kier molecular flexibility index (Phi) is 7.46. The van der Waals surface area contributed by atoms with Crippen LogP contribution in [0.25, 0.3) is 99.8 Å². The highest BCUT2D eigenvalue weighted by Gasteiger charge is 2.16. The minimum atomic E-state index is 0.855. The van der Waals surface area contributed by atoms with Crippen LogP contribution >= 0.6 is 0 Å². The van der Waals surface area contributed by atoms with Crippen molar-refractivity contribution >= 4 is 43.6 Å². The minimum absolute atomic E-state index is 0.855. The predicted octanol–water partition coefficient (Wildman–Crippen LogP) is 13.3. The van der Waals surface area contributed by atoms with Gasteiger partial charge in [0, 0.05) is 33.4 Å². The Labute approximate surface area is 324 Å². The number of pyridine rings is 2. The lowest BCUT2D eigenvalue weighted by atomic mass is 9.98. The van der Waals surface area contributed by atoms with Gasteiger partial charge in [-0.25, -0.2) is 0 Å². The van der Waals surface area contributed by atoms with E-state index in [-0.39, 0.29) is 0 Å². The van der Waals surface area contributed by atoms with Crippen LogP contribution in [0.2, 0.25) is 0 Å². The standard InChI is InChI=1S/C52H34N4/c1-2-11-35(12-3-1)38-13-10-14-41(31-38)55-49-18-6-4-15-43(49)45-27-24-39(32-51(45)55)36-20-22-37(23-21-36)40-25-28-46-44-16-5-7-19-50(44)56(52(46)33-40)42-26-29-48(54-34-42)47-17-8-9-30-53-47/h1-34H. The van der Waals surface area contributed by atoms with E-state index in [0.29, 0.717) is 0 Å².